The molecular formula is C17H19N5O2. The maximum absolute atomic E-state index is 9.36. The van der Waals surface area contributed by atoms with Gasteiger partial charge >= 0.3 is 0 Å². The van der Waals surface area contributed by atoms with E-state index in [2.05, 4.69) is 33.7 Å². The van der Waals surface area contributed by atoms with Gasteiger partial charge in [-0.15, -0.1) is 0 Å². The van der Waals surface area contributed by atoms with Crippen molar-refractivity contribution in [3.8, 4) is 23.4 Å². The van der Waals surface area contributed by atoms with E-state index < -0.39 is 0 Å². The summed E-state index contributed by atoms with van der Waals surface area (Å²) in [5, 5.41) is 9.36. The molecule has 0 aliphatic rings. The van der Waals surface area contributed by atoms with Crippen molar-refractivity contribution >= 4 is 17.0 Å². The molecule has 7 heteroatoms. The maximum Gasteiger partial charge on any atom is 0.199 e. The first kappa shape index (κ1) is 16.0. The lowest BCUT2D eigenvalue weighted by Gasteiger charge is -2.04. The van der Waals surface area contributed by atoms with Crippen LogP contribution in [-0.4, -0.2) is 31.2 Å². The summed E-state index contributed by atoms with van der Waals surface area (Å²) >= 11 is 0. The molecular weight excluding hydrogens is 306 g/mol. The van der Waals surface area contributed by atoms with E-state index in [0.717, 1.165) is 19.3 Å². The van der Waals surface area contributed by atoms with E-state index in [0.29, 0.717) is 35.1 Å². The molecule has 3 heterocycles. The standard InChI is InChI=1S/C17H19N5O2/c1-2-3-4-5-8-13-19-14-15(18)20-16(12-7-6-11-24-12)21-17(14)22(13)9-10-23/h6-7,11,23H,2-4,9-10H2,1H3,(H2,18,20,21). The SMILES string of the molecule is CCCCC#Cc1nc2c(N)nc(-c3ccco3)nc2n1CCO. The van der Waals surface area contributed by atoms with Gasteiger partial charge in [-0.3, -0.25) is 4.57 Å². The van der Waals surface area contributed by atoms with Crippen LogP contribution >= 0.6 is 0 Å². The van der Waals surface area contributed by atoms with E-state index in [1.54, 1.807) is 23.0 Å². The number of hydrogen-bond acceptors (Lipinski definition) is 6. The van der Waals surface area contributed by atoms with Gasteiger partial charge in [0.1, 0.15) is 0 Å². The number of aliphatic hydroxyl groups excluding tert-OH is 1. The summed E-state index contributed by atoms with van der Waals surface area (Å²) < 4.78 is 7.10. The summed E-state index contributed by atoms with van der Waals surface area (Å²) in [5.41, 5.74) is 7.07. The van der Waals surface area contributed by atoms with Crippen LogP contribution in [0.5, 0.6) is 0 Å². The molecule has 0 radical (unpaired) electrons. The van der Waals surface area contributed by atoms with Gasteiger partial charge in [0.15, 0.2) is 34.4 Å². The predicted molar refractivity (Wildman–Crippen MR) is 90.9 cm³/mol. The third kappa shape index (κ3) is 3.09. The highest BCUT2D eigenvalue weighted by molar-refractivity contribution is 5.84. The molecule has 0 atom stereocenters. The van der Waals surface area contributed by atoms with Gasteiger partial charge in [-0.05, 0) is 24.5 Å². The van der Waals surface area contributed by atoms with Gasteiger partial charge in [0.2, 0.25) is 0 Å². The van der Waals surface area contributed by atoms with Gasteiger partial charge in [-0.1, -0.05) is 19.3 Å². The first-order valence-corrected chi connectivity index (χ1v) is 7.92. The molecule has 3 rings (SSSR count). The molecule has 0 aliphatic heterocycles. The van der Waals surface area contributed by atoms with Crippen LogP contribution < -0.4 is 5.73 Å². The van der Waals surface area contributed by atoms with Crippen LogP contribution in [-0.2, 0) is 6.54 Å². The van der Waals surface area contributed by atoms with Crippen LogP contribution in [0.1, 0.15) is 32.0 Å². The lowest BCUT2D eigenvalue weighted by atomic mass is 10.2. The van der Waals surface area contributed by atoms with E-state index in [1.165, 1.54) is 0 Å². The van der Waals surface area contributed by atoms with Crippen LogP contribution in [0.15, 0.2) is 22.8 Å². The van der Waals surface area contributed by atoms with Crippen molar-refractivity contribution in [1.29, 1.82) is 0 Å². The molecule has 0 fully saturated rings. The first-order chi connectivity index (χ1) is 11.7. The summed E-state index contributed by atoms with van der Waals surface area (Å²) in [6.07, 6.45) is 4.48. The summed E-state index contributed by atoms with van der Waals surface area (Å²) in [6.45, 7) is 2.41. The van der Waals surface area contributed by atoms with Crippen molar-refractivity contribution in [3.05, 3.63) is 24.2 Å². The monoisotopic (exact) mass is 325 g/mol. The Balaban J connectivity index is 2.11. The van der Waals surface area contributed by atoms with Gasteiger partial charge in [-0.25, -0.2) is 15.0 Å². The van der Waals surface area contributed by atoms with Crippen molar-refractivity contribution < 1.29 is 9.52 Å². The van der Waals surface area contributed by atoms with Crippen molar-refractivity contribution in [1.82, 2.24) is 19.5 Å². The zero-order valence-corrected chi connectivity index (χ0v) is 13.5. The van der Waals surface area contributed by atoms with Crippen LogP contribution in [0.2, 0.25) is 0 Å². The Morgan fingerprint density at radius 3 is 2.92 bits per heavy atom. The van der Waals surface area contributed by atoms with E-state index in [-0.39, 0.29) is 12.4 Å². The normalized spacial score (nSPS) is 10.8. The topological polar surface area (TPSA) is 103 Å². The molecule has 0 saturated carbocycles. The van der Waals surface area contributed by atoms with Gasteiger partial charge < -0.3 is 15.3 Å². The minimum Gasteiger partial charge on any atom is -0.461 e. The highest BCUT2D eigenvalue weighted by Crippen LogP contribution is 2.24. The molecule has 0 bridgehead atoms. The highest BCUT2D eigenvalue weighted by atomic mass is 16.3. The molecule has 3 aromatic rings. The Hall–Kier alpha value is -2.85. The molecule has 0 aliphatic carbocycles. The molecule has 0 aromatic carbocycles. The van der Waals surface area contributed by atoms with Crippen LogP contribution in [0.4, 0.5) is 5.82 Å². The number of nitrogens with zero attached hydrogens (tertiary/aromatic N) is 4. The molecule has 7 nitrogen and oxygen atoms in total. The third-order valence-corrected chi connectivity index (χ3v) is 3.54. The summed E-state index contributed by atoms with van der Waals surface area (Å²) in [5.74, 6) is 7.86. The Morgan fingerprint density at radius 2 is 2.21 bits per heavy atom. The molecule has 0 unspecified atom stereocenters. The largest absolute Gasteiger partial charge is 0.461 e. The number of fused-ring (bicyclic) bond motifs is 1. The fourth-order valence-electron chi connectivity index (χ4n) is 2.35. The number of hydrogen-bond donors (Lipinski definition) is 2. The quantitative estimate of drug-likeness (QED) is 0.550. The van der Waals surface area contributed by atoms with Crippen molar-refractivity contribution in [2.45, 2.75) is 32.7 Å². The van der Waals surface area contributed by atoms with E-state index >= 15 is 0 Å². The number of aromatic nitrogens is 4. The Labute approximate surface area is 139 Å². The smallest absolute Gasteiger partial charge is 0.199 e. The molecule has 3 aromatic heterocycles. The number of nitrogen functional groups attached to an aromatic ring is 1. The van der Waals surface area contributed by atoms with Crippen LogP contribution in [0.25, 0.3) is 22.7 Å². The molecule has 0 spiro atoms. The molecule has 0 saturated heterocycles. The number of nitrogens with two attached hydrogens (primary N) is 1. The lowest BCUT2D eigenvalue weighted by Crippen LogP contribution is -2.06. The number of aliphatic hydroxyl groups is 1. The number of furan rings is 1. The molecule has 24 heavy (non-hydrogen) atoms. The van der Waals surface area contributed by atoms with Crippen molar-refractivity contribution in [2.24, 2.45) is 0 Å². The maximum atomic E-state index is 9.36. The average molecular weight is 325 g/mol. The van der Waals surface area contributed by atoms with Gasteiger partial charge in [-0.2, -0.15) is 0 Å². The second-order valence-electron chi connectivity index (χ2n) is 5.30. The fraction of sp³-hybridized carbons (Fsp3) is 0.353. The lowest BCUT2D eigenvalue weighted by molar-refractivity contribution is 0.277. The van der Waals surface area contributed by atoms with Gasteiger partial charge in [0.25, 0.3) is 0 Å². The van der Waals surface area contributed by atoms with Crippen molar-refractivity contribution in [3.63, 3.8) is 0 Å². The van der Waals surface area contributed by atoms with E-state index in [1.807, 2.05) is 0 Å². The van der Waals surface area contributed by atoms with Gasteiger partial charge in [0, 0.05) is 13.0 Å². The number of rotatable bonds is 5. The zero-order valence-electron chi connectivity index (χ0n) is 13.5. The van der Waals surface area contributed by atoms with E-state index in [4.69, 9.17) is 10.2 Å². The van der Waals surface area contributed by atoms with Crippen LogP contribution in [0, 0.1) is 11.8 Å². The number of unbranched alkanes of at least 4 members (excludes halogenated alkanes) is 2. The second-order valence-corrected chi connectivity index (χ2v) is 5.30. The van der Waals surface area contributed by atoms with E-state index in [9.17, 15) is 5.11 Å². The molecule has 0 amide bonds. The minimum atomic E-state index is -0.0465. The minimum absolute atomic E-state index is 0.0465. The second kappa shape index (κ2) is 7.15. The molecule has 124 valence electrons. The highest BCUT2D eigenvalue weighted by Gasteiger charge is 2.17. The van der Waals surface area contributed by atoms with Crippen molar-refractivity contribution in [2.75, 3.05) is 12.3 Å². The zero-order chi connectivity index (χ0) is 16.9. The Morgan fingerprint density at radius 1 is 1.33 bits per heavy atom. The third-order valence-electron chi connectivity index (χ3n) is 3.54. The Kier molecular flexibility index (Phi) is 4.77. The first-order valence-electron chi connectivity index (χ1n) is 7.92. The van der Waals surface area contributed by atoms with Crippen LogP contribution in [0.3, 0.4) is 0 Å². The average Bonchev–Trinajstić information content (AvgIpc) is 3.21. The predicted octanol–water partition coefficient (Wildman–Crippen LogP) is 2.20. The summed E-state index contributed by atoms with van der Waals surface area (Å²) in [4.78, 5) is 13.2. The number of imidazole rings is 1. The summed E-state index contributed by atoms with van der Waals surface area (Å²) in [7, 11) is 0. The summed E-state index contributed by atoms with van der Waals surface area (Å²) in [6, 6.07) is 3.52. The number of anilines is 1. The molecule has 3 N–H and O–H groups in total. The Bertz CT molecular complexity index is 887. The fourth-order valence-corrected chi connectivity index (χ4v) is 2.35. The van der Waals surface area contributed by atoms with Gasteiger partial charge in [0.05, 0.1) is 12.9 Å².